The summed E-state index contributed by atoms with van der Waals surface area (Å²) in [6, 6.07) is 13.5. The molecule has 0 aromatic heterocycles. The zero-order valence-electron chi connectivity index (χ0n) is 13.7. The molecule has 2 nitrogen and oxygen atoms in total. The van der Waals surface area contributed by atoms with Crippen LogP contribution in [-0.2, 0) is 6.42 Å². The van der Waals surface area contributed by atoms with Gasteiger partial charge in [-0.2, -0.15) is 0 Å². The van der Waals surface area contributed by atoms with Crippen LogP contribution in [0.4, 0.5) is 0 Å². The van der Waals surface area contributed by atoms with E-state index in [0.29, 0.717) is 6.04 Å². The molecule has 0 aliphatic heterocycles. The molecular weight excluding hydrogens is 258 g/mol. The lowest BCUT2D eigenvalue weighted by molar-refractivity contribution is 0.410. The van der Waals surface area contributed by atoms with Gasteiger partial charge in [0.05, 0.1) is 7.11 Å². The van der Waals surface area contributed by atoms with Crippen LogP contribution in [0.2, 0.25) is 0 Å². The Balaban J connectivity index is 2.27. The van der Waals surface area contributed by atoms with Gasteiger partial charge < -0.3 is 10.1 Å². The highest BCUT2D eigenvalue weighted by atomic mass is 16.5. The number of aryl methyl sites for hydroxylation is 3. The fourth-order valence-corrected chi connectivity index (χ4v) is 2.86. The number of rotatable bonds is 5. The van der Waals surface area contributed by atoms with E-state index in [9.17, 15) is 0 Å². The third kappa shape index (κ3) is 3.85. The monoisotopic (exact) mass is 283 g/mol. The summed E-state index contributed by atoms with van der Waals surface area (Å²) in [6.07, 6.45) is 0.977. The molecule has 2 heteroatoms. The maximum atomic E-state index is 5.44. The highest BCUT2D eigenvalue weighted by Crippen LogP contribution is 2.25. The van der Waals surface area contributed by atoms with Gasteiger partial charge in [-0.1, -0.05) is 41.5 Å². The van der Waals surface area contributed by atoms with Crippen LogP contribution in [0.15, 0.2) is 36.4 Å². The molecule has 2 aromatic rings. The number of ether oxygens (including phenoxy) is 1. The van der Waals surface area contributed by atoms with Crippen LogP contribution in [0.1, 0.15) is 33.9 Å². The van der Waals surface area contributed by atoms with E-state index in [0.717, 1.165) is 12.2 Å². The Bertz CT molecular complexity index is 599. The van der Waals surface area contributed by atoms with Crippen LogP contribution in [0.25, 0.3) is 0 Å². The molecule has 1 N–H and O–H groups in total. The van der Waals surface area contributed by atoms with Crippen molar-refractivity contribution in [3.8, 4) is 5.75 Å². The lowest BCUT2D eigenvalue weighted by Crippen LogP contribution is -2.19. The van der Waals surface area contributed by atoms with Gasteiger partial charge >= 0.3 is 0 Å². The molecule has 0 aliphatic carbocycles. The number of hydrogen-bond acceptors (Lipinski definition) is 2. The van der Waals surface area contributed by atoms with Crippen molar-refractivity contribution in [2.45, 2.75) is 33.2 Å². The summed E-state index contributed by atoms with van der Waals surface area (Å²) in [5.74, 6) is 0.952. The first-order valence-corrected chi connectivity index (χ1v) is 7.42. The van der Waals surface area contributed by atoms with Gasteiger partial charge in [-0.15, -0.1) is 0 Å². The molecule has 0 saturated heterocycles. The second-order valence-corrected chi connectivity index (χ2v) is 5.77. The molecule has 1 unspecified atom stereocenters. The van der Waals surface area contributed by atoms with Gasteiger partial charge in [-0.3, -0.25) is 0 Å². The van der Waals surface area contributed by atoms with Gasteiger partial charge in [0.15, 0.2) is 0 Å². The fraction of sp³-hybridized carbons (Fsp3) is 0.368. The maximum Gasteiger partial charge on any atom is 0.122 e. The molecule has 0 heterocycles. The molecule has 112 valence electrons. The van der Waals surface area contributed by atoms with Crippen LogP contribution in [0, 0.1) is 20.8 Å². The number of benzene rings is 2. The summed E-state index contributed by atoms with van der Waals surface area (Å²) in [5, 5.41) is 3.42. The SMILES string of the molecule is CNC(Cc1cc(C)cc(C)c1)c1ccc(C)c(OC)c1. The Labute approximate surface area is 128 Å². The van der Waals surface area contributed by atoms with Gasteiger partial charge in [0.25, 0.3) is 0 Å². The summed E-state index contributed by atoms with van der Waals surface area (Å²) in [7, 11) is 3.74. The molecule has 0 bridgehead atoms. The Kier molecular flexibility index (Phi) is 5.03. The van der Waals surface area contributed by atoms with E-state index in [4.69, 9.17) is 4.74 Å². The first kappa shape index (κ1) is 15.6. The van der Waals surface area contributed by atoms with E-state index < -0.39 is 0 Å². The van der Waals surface area contributed by atoms with Gasteiger partial charge in [-0.25, -0.2) is 0 Å². The quantitative estimate of drug-likeness (QED) is 0.891. The van der Waals surface area contributed by atoms with Crippen LogP contribution in [0.3, 0.4) is 0 Å². The molecule has 2 rings (SSSR count). The van der Waals surface area contributed by atoms with Crippen LogP contribution in [0.5, 0.6) is 5.75 Å². The van der Waals surface area contributed by atoms with Crippen LogP contribution < -0.4 is 10.1 Å². The lowest BCUT2D eigenvalue weighted by Gasteiger charge is -2.19. The maximum absolute atomic E-state index is 5.44. The predicted molar refractivity (Wildman–Crippen MR) is 89.2 cm³/mol. The van der Waals surface area contributed by atoms with Crippen molar-refractivity contribution in [2.24, 2.45) is 0 Å². The van der Waals surface area contributed by atoms with E-state index in [1.54, 1.807) is 7.11 Å². The molecule has 1 atom stereocenters. The van der Waals surface area contributed by atoms with E-state index >= 15 is 0 Å². The predicted octanol–water partition coefficient (Wildman–Crippen LogP) is 4.12. The highest BCUT2D eigenvalue weighted by molar-refractivity contribution is 5.39. The zero-order chi connectivity index (χ0) is 15.4. The van der Waals surface area contributed by atoms with Crippen molar-refractivity contribution in [2.75, 3.05) is 14.2 Å². The Morgan fingerprint density at radius 1 is 1.00 bits per heavy atom. The first-order valence-electron chi connectivity index (χ1n) is 7.42. The molecule has 0 fully saturated rings. The first-order chi connectivity index (χ1) is 10.0. The fourth-order valence-electron chi connectivity index (χ4n) is 2.86. The lowest BCUT2D eigenvalue weighted by atomic mass is 9.96. The molecule has 0 radical (unpaired) electrons. The van der Waals surface area contributed by atoms with E-state index in [-0.39, 0.29) is 0 Å². The van der Waals surface area contributed by atoms with Crippen molar-refractivity contribution < 1.29 is 4.74 Å². The van der Waals surface area contributed by atoms with Gasteiger partial charge in [0.1, 0.15) is 5.75 Å². The standard InChI is InChI=1S/C19H25NO/c1-13-8-14(2)10-16(9-13)11-18(20-4)17-7-6-15(3)19(12-17)21-5/h6-10,12,18,20H,11H2,1-5H3. The molecule has 0 saturated carbocycles. The summed E-state index contributed by atoms with van der Waals surface area (Å²) in [4.78, 5) is 0. The van der Waals surface area contributed by atoms with Crippen LogP contribution >= 0.6 is 0 Å². The minimum absolute atomic E-state index is 0.292. The van der Waals surface area contributed by atoms with E-state index in [1.165, 1.54) is 27.8 Å². The summed E-state index contributed by atoms with van der Waals surface area (Å²) < 4.78 is 5.44. The van der Waals surface area contributed by atoms with Crippen LogP contribution in [-0.4, -0.2) is 14.2 Å². The topological polar surface area (TPSA) is 21.3 Å². The molecule has 2 aromatic carbocycles. The number of nitrogens with one attached hydrogen (secondary N) is 1. The number of methoxy groups -OCH3 is 1. The van der Waals surface area contributed by atoms with Crippen molar-refractivity contribution in [3.63, 3.8) is 0 Å². The second-order valence-electron chi connectivity index (χ2n) is 5.77. The van der Waals surface area contributed by atoms with Gasteiger partial charge in [0.2, 0.25) is 0 Å². The molecule has 21 heavy (non-hydrogen) atoms. The summed E-state index contributed by atoms with van der Waals surface area (Å²) in [5.41, 5.74) is 6.44. The molecular formula is C19H25NO. The summed E-state index contributed by atoms with van der Waals surface area (Å²) >= 11 is 0. The Morgan fingerprint density at radius 3 is 2.24 bits per heavy atom. The molecule has 0 aliphatic rings. The van der Waals surface area contributed by atoms with E-state index in [1.807, 2.05) is 7.05 Å². The highest BCUT2D eigenvalue weighted by Gasteiger charge is 2.12. The average Bonchev–Trinajstić information content (AvgIpc) is 2.44. The molecule has 0 amide bonds. The Hall–Kier alpha value is -1.80. The van der Waals surface area contributed by atoms with Gasteiger partial charge in [-0.05, 0) is 57.0 Å². The van der Waals surface area contributed by atoms with Crippen molar-refractivity contribution in [1.29, 1.82) is 0 Å². The summed E-state index contributed by atoms with van der Waals surface area (Å²) in [6.45, 7) is 6.38. The third-order valence-electron chi connectivity index (χ3n) is 3.90. The minimum atomic E-state index is 0.292. The zero-order valence-corrected chi connectivity index (χ0v) is 13.7. The van der Waals surface area contributed by atoms with Crippen molar-refractivity contribution in [1.82, 2.24) is 5.32 Å². The van der Waals surface area contributed by atoms with E-state index in [2.05, 4.69) is 62.5 Å². The van der Waals surface area contributed by atoms with Gasteiger partial charge in [0, 0.05) is 6.04 Å². The normalized spacial score (nSPS) is 12.2. The Morgan fingerprint density at radius 2 is 1.67 bits per heavy atom. The smallest absolute Gasteiger partial charge is 0.122 e. The van der Waals surface area contributed by atoms with Crippen molar-refractivity contribution in [3.05, 3.63) is 64.2 Å². The van der Waals surface area contributed by atoms with Crippen molar-refractivity contribution >= 4 is 0 Å². The minimum Gasteiger partial charge on any atom is -0.496 e. The number of likely N-dealkylation sites (N-methyl/N-ethyl adjacent to an activating group) is 1. The average molecular weight is 283 g/mol. The second kappa shape index (κ2) is 6.77. The molecule has 0 spiro atoms. The largest absolute Gasteiger partial charge is 0.496 e. The third-order valence-corrected chi connectivity index (χ3v) is 3.90. The number of hydrogen-bond donors (Lipinski definition) is 1.